The minimum Gasteiger partial charge on any atom is -0.547 e. The standard InChI is InChI=1S/C14H12N2O4/c17-11(12(18)14(19)20)13-15-9-5-7-3-1-2-4-8(7)6-10(9)16-13/h1-6,11-12,17-18H,(H,15,16)(H,19,20)/p-1/t11-,12-/m1/s1. The van der Waals surface area contributed by atoms with Crippen LogP contribution in [0.25, 0.3) is 21.8 Å². The van der Waals surface area contributed by atoms with Crippen LogP contribution in [0.4, 0.5) is 0 Å². The lowest BCUT2D eigenvalue weighted by Gasteiger charge is -2.15. The van der Waals surface area contributed by atoms with Crippen molar-refractivity contribution < 1.29 is 20.1 Å². The topological polar surface area (TPSA) is 109 Å². The molecule has 0 saturated heterocycles. The highest BCUT2D eigenvalue weighted by Gasteiger charge is 2.22. The number of hydrogen-bond donors (Lipinski definition) is 3. The molecule has 1 aromatic heterocycles. The van der Waals surface area contributed by atoms with Gasteiger partial charge < -0.3 is 25.1 Å². The van der Waals surface area contributed by atoms with E-state index < -0.39 is 18.2 Å². The summed E-state index contributed by atoms with van der Waals surface area (Å²) < 4.78 is 0. The fourth-order valence-corrected chi connectivity index (χ4v) is 2.14. The number of carbonyl (C=O) groups is 1. The van der Waals surface area contributed by atoms with Crippen molar-refractivity contribution in [1.82, 2.24) is 9.97 Å². The normalized spacial score (nSPS) is 14.5. The third kappa shape index (κ3) is 2.01. The Morgan fingerprint density at radius 1 is 1.20 bits per heavy atom. The van der Waals surface area contributed by atoms with Crippen LogP contribution in [-0.2, 0) is 4.79 Å². The van der Waals surface area contributed by atoms with Crippen molar-refractivity contribution in [3.63, 3.8) is 0 Å². The molecule has 6 heteroatoms. The van der Waals surface area contributed by atoms with Gasteiger partial charge in [-0.15, -0.1) is 0 Å². The first-order valence-electron chi connectivity index (χ1n) is 6.01. The van der Waals surface area contributed by atoms with Gasteiger partial charge in [-0.25, -0.2) is 4.98 Å². The van der Waals surface area contributed by atoms with Crippen molar-refractivity contribution >= 4 is 27.8 Å². The van der Waals surface area contributed by atoms with Gasteiger partial charge in [0.05, 0.1) is 17.0 Å². The Hall–Kier alpha value is -2.44. The number of imidazole rings is 1. The van der Waals surface area contributed by atoms with Gasteiger partial charge in [0.2, 0.25) is 0 Å². The molecule has 0 amide bonds. The SMILES string of the molecule is O=C([O-])[C@H](O)[C@@H](O)c1nc2cc3ccccc3cc2[nH]1. The van der Waals surface area contributed by atoms with Crippen molar-refractivity contribution in [2.45, 2.75) is 12.2 Å². The van der Waals surface area contributed by atoms with Gasteiger partial charge in [0, 0.05) is 0 Å². The molecule has 0 radical (unpaired) electrons. The predicted octanol–water partition coefficient (Wildman–Crippen LogP) is -0.140. The van der Waals surface area contributed by atoms with Crippen LogP contribution >= 0.6 is 0 Å². The van der Waals surface area contributed by atoms with Crippen LogP contribution in [-0.4, -0.2) is 32.3 Å². The molecule has 0 aliphatic rings. The highest BCUT2D eigenvalue weighted by molar-refractivity contribution is 5.95. The average molecular weight is 271 g/mol. The number of aromatic nitrogens is 2. The van der Waals surface area contributed by atoms with E-state index in [1.807, 2.05) is 36.4 Å². The first kappa shape index (κ1) is 12.6. The summed E-state index contributed by atoms with van der Waals surface area (Å²) in [4.78, 5) is 17.5. The molecule has 6 nitrogen and oxygen atoms in total. The zero-order valence-corrected chi connectivity index (χ0v) is 10.3. The number of aromatic amines is 1. The van der Waals surface area contributed by atoms with E-state index in [0.717, 1.165) is 10.8 Å². The number of nitrogens with zero attached hydrogens (tertiary/aromatic N) is 1. The minimum absolute atomic E-state index is 0.00740. The van der Waals surface area contributed by atoms with Gasteiger partial charge in [-0.3, -0.25) is 0 Å². The molecule has 0 saturated carbocycles. The molecule has 2 aromatic carbocycles. The molecule has 0 fully saturated rings. The number of carboxylic acid groups (broad SMARTS) is 1. The molecule has 1 heterocycles. The number of aliphatic hydroxyl groups excluding tert-OH is 2. The molecule has 0 bridgehead atoms. The number of H-pyrrole nitrogens is 1. The summed E-state index contributed by atoms with van der Waals surface area (Å²) in [6.07, 6.45) is -3.68. The smallest absolute Gasteiger partial charge is 0.143 e. The maximum absolute atomic E-state index is 10.6. The molecule has 3 N–H and O–H groups in total. The monoisotopic (exact) mass is 271 g/mol. The number of nitrogens with one attached hydrogen (secondary N) is 1. The maximum Gasteiger partial charge on any atom is 0.143 e. The predicted molar refractivity (Wildman–Crippen MR) is 69.6 cm³/mol. The highest BCUT2D eigenvalue weighted by Crippen LogP contribution is 2.23. The summed E-state index contributed by atoms with van der Waals surface area (Å²) in [5.74, 6) is -1.75. The molecule has 0 spiro atoms. The van der Waals surface area contributed by atoms with Gasteiger partial charge in [0.25, 0.3) is 0 Å². The zero-order chi connectivity index (χ0) is 14.3. The van der Waals surface area contributed by atoms with Crippen LogP contribution in [0.2, 0.25) is 0 Å². The summed E-state index contributed by atoms with van der Waals surface area (Å²) in [6.45, 7) is 0. The van der Waals surface area contributed by atoms with E-state index in [9.17, 15) is 20.1 Å². The van der Waals surface area contributed by atoms with Crippen LogP contribution in [0.5, 0.6) is 0 Å². The highest BCUT2D eigenvalue weighted by atomic mass is 16.4. The Labute approximate surface area is 113 Å². The minimum atomic E-state index is -2.02. The molecular formula is C14H11N2O4-. The number of aliphatic carboxylic acids is 1. The molecule has 20 heavy (non-hydrogen) atoms. The van der Waals surface area contributed by atoms with E-state index in [0.29, 0.717) is 11.0 Å². The number of rotatable bonds is 3. The Bertz CT molecular complexity index is 744. The van der Waals surface area contributed by atoms with E-state index in [4.69, 9.17) is 0 Å². The quantitative estimate of drug-likeness (QED) is 0.614. The third-order valence-electron chi connectivity index (χ3n) is 3.19. The van der Waals surface area contributed by atoms with Crippen molar-refractivity contribution in [3.05, 3.63) is 42.2 Å². The van der Waals surface area contributed by atoms with Crippen LogP contribution in [0.3, 0.4) is 0 Å². The van der Waals surface area contributed by atoms with Crippen molar-refractivity contribution in [2.75, 3.05) is 0 Å². The summed E-state index contributed by atoms with van der Waals surface area (Å²) >= 11 is 0. The lowest BCUT2D eigenvalue weighted by Crippen LogP contribution is -2.39. The molecule has 0 aliphatic heterocycles. The van der Waals surface area contributed by atoms with E-state index >= 15 is 0 Å². The van der Waals surface area contributed by atoms with E-state index in [-0.39, 0.29) is 5.82 Å². The van der Waals surface area contributed by atoms with Gasteiger partial charge in [-0.2, -0.15) is 0 Å². The maximum atomic E-state index is 10.6. The van der Waals surface area contributed by atoms with Crippen molar-refractivity contribution in [3.8, 4) is 0 Å². The van der Waals surface area contributed by atoms with Crippen LogP contribution in [0, 0.1) is 0 Å². The first-order chi connectivity index (χ1) is 9.56. The second-order valence-corrected chi connectivity index (χ2v) is 4.55. The number of hydrogen-bond acceptors (Lipinski definition) is 5. The lowest BCUT2D eigenvalue weighted by atomic mass is 10.1. The van der Waals surface area contributed by atoms with Crippen LogP contribution in [0.15, 0.2) is 36.4 Å². The molecule has 102 valence electrons. The second-order valence-electron chi connectivity index (χ2n) is 4.55. The molecule has 0 unspecified atom stereocenters. The Kier molecular flexibility index (Phi) is 2.89. The van der Waals surface area contributed by atoms with Crippen LogP contribution < -0.4 is 5.11 Å². The number of aliphatic hydroxyl groups is 2. The van der Waals surface area contributed by atoms with E-state index in [2.05, 4.69) is 9.97 Å². The summed E-state index contributed by atoms with van der Waals surface area (Å²) in [5, 5.41) is 31.6. The molecule has 2 atom stereocenters. The number of carbonyl (C=O) groups excluding carboxylic acids is 1. The first-order valence-corrected chi connectivity index (χ1v) is 6.01. The second kappa shape index (κ2) is 4.59. The fourth-order valence-electron chi connectivity index (χ4n) is 2.14. The van der Waals surface area contributed by atoms with Gasteiger partial charge in [-0.1, -0.05) is 24.3 Å². The third-order valence-corrected chi connectivity index (χ3v) is 3.19. The lowest BCUT2D eigenvalue weighted by molar-refractivity contribution is -0.318. The molecule has 0 aliphatic carbocycles. The number of benzene rings is 2. The number of carboxylic acids is 1. The van der Waals surface area contributed by atoms with Gasteiger partial charge >= 0.3 is 0 Å². The fraction of sp³-hybridized carbons (Fsp3) is 0.143. The van der Waals surface area contributed by atoms with Crippen LogP contribution in [0.1, 0.15) is 11.9 Å². The van der Waals surface area contributed by atoms with Gasteiger partial charge in [0.15, 0.2) is 0 Å². The van der Waals surface area contributed by atoms with Crippen molar-refractivity contribution in [2.24, 2.45) is 0 Å². The number of fused-ring (bicyclic) bond motifs is 2. The summed E-state index contributed by atoms with van der Waals surface area (Å²) in [5.41, 5.74) is 1.24. The molecule has 3 rings (SSSR count). The zero-order valence-electron chi connectivity index (χ0n) is 10.3. The molecular weight excluding hydrogens is 260 g/mol. The van der Waals surface area contributed by atoms with Gasteiger partial charge in [0.1, 0.15) is 18.0 Å². The Balaban J connectivity index is 2.10. The Morgan fingerprint density at radius 2 is 1.85 bits per heavy atom. The average Bonchev–Trinajstić information content (AvgIpc) is 2.85. The summed E-state index contributed by atoms with van der Waals surface area (Å²) in [7, 11) is 0. The van der Waals surface area contributed by atoms with E-state index in [1.165, 1.54) is 0 Å². The largest absolute Gasteiger partial charge is 0.547 e. The van der Waals surface area contributed by atoms with E-state index in [1.54, 1.807) is 0 Å². The van der Waals surface area contributed by atoms with Gasteiger partial charge in [-0.05, 0) is 22.9 Å². The Morgan fingerprint density at radius 3 is 2.50 bits per heavy atom. The summed E-state index contributed by atoms with van der Waals surface area (Å²) in [6, 6.07) is 11.3. The molecule has 3 aromatic rings. The van der Waals surface area contributed by atoms with Crippen molar-refractivity contribution in [1.29, 1.82) is 0 Å².